The summed E-state index contributed by atoms with van der Waals surface area (Å²) in [6.07, 6.45) is 8.03. The van der Waals surface area contributed by atoms with Gasteiger partial charge >= 0.3 is 0 Å². The highest BCUT2D eigenvalue weighted by Gasteiger charge is 2.26. The molecule has 1 aromatic carbocycles. The van der Waals surface area contributed by atoms with Crippen LogP contribution in [-0.2, 0) is 4.79 Å². The molecule has 1 aromatic heterocycles. The average molecular weight is 417 g/mol. The van der Waals surface area contributed by atoms with Gasteiger partial charge in [0.2, 0.25) is 5.91 Å². The first-order chi connectivity index (χ1) is 13.7. The molecule has 1 saturated carbocycles. The third-order valence-corrected chi connectivity index (χ3v) is 6.10. The Kier molecular flexibility index (Phi) is 7.34. The number of carbonyl (C=O) groups is 1. The highest BCUT2D eigenvalue weighted by atomic mass is 35.5. The molecule has 0 saturated heterocycles. The molecule has 7 heteroatoms. The molecule has 28 heavy (non-hydrogen) atoms. The standard InChI is InChI=1S/C21H25ClN4OS/c1-3-13-25(14-4-2)19(27)15-28-21-24-23-20(17-11-7-8-12-18(17)22)26(21)16-9-5-6-10-16/h3-4,7-8,11-12,16H,1-2,5-6,9-10,13-15H2. The predicted molar refractivity (Wildman–Crippen MR) is 116 cm³/mol. The van der Waals surface area contributed by atoms with Gasteiger partial charge in [-0.15, -0.1) is 23.4 Å². The Morgan fingerprint density at radius 3 is 2.54 bits per heavy atom. The minimum absolute atomic E-state index is 0.0325. The van der Waals surface area contributed by atoms with Gasteiger partial charge in [0, 0.05) is 24.7 Å². The molecule has 1 aliphatic carbocycles. The fourth-order valence-corrected chi connectivity index (χ4v) is 4.63. The normalized spacial score (nSPS) is 14.2. The van der Waals surface area contributed by atoms with E-state index in [1.807, 2.05) is 24.3 Å². The highest BCUT2D eigenvalue weighted by molar-refractivity contribution is 7.99. The van der Waals surface area contributed by atoms with E-state index in [1.165, 1.54) is 24.6 Å². The first kappa shape index (κ1) is 20.7. The third-order valence-electron chi connectivity index (χ3n) is 4.85. The number of carbonyl (C=O) groups excluding carboxylic acids is 1. The Balaban J connectivity index is 1.85. The summed E-state index contributed by atoms with van der Waals surface area (Å²) in [5.41, 5.74) is 0.877. The van der Waals surface area contributed by atoms with Gasteiger partial charge in [0.1, 0.15) is 0 Å². The number of benzene rings is 1. The van der Waals surface area contributed by atoms with E-state index in [1.54, 1.807) is 17.1 Å². The van der Waals surface area contributed by atoms with E-state index in [9.17, 15) is 4.79 Å². The van der Waals surface area contributed by atoms with E-state index in [0.29, 0.717) is 29.9 Å². The lowest BCUT2D eigenvalue weighted by Crippen LogP contribution is -2.32. The van der Waals surface area contributed by atoms with Crippen LogP contribution in [0.25, 0.3) is 11.4 Å². The zero-order valence-corrected chi connectivity index (χ0v) is 17.5. The molecule has 0 spiro atoms. The lowest BCUT2D eigenvalue weighted by Gasteiger charge is -2.20. The zero-order valence-electron chi connectivity index (χ0n) is 15.9. The van der Waals surface area contributed by atoms with E-state index in [0.717, 1.165) is 29.4 Å². The summed E-state index contributed by atoms with van der Waals surface area (Å²) in [6.45, 7) is 8.45. The molecule has 0 bridgehead atoms. The number of aromatic nitrogens is 3. The molecule has 0 unspecified atom stereocenters. The summed E-state index contributed by atoms with van der Waals surface area (Å²) >= 11 is 7.85. The summed E-state index contributed by atoms with van der Waals surface area (Å²) in [5.74, 6) is 1.11. The van der Waals surface area contributed by atoms with Crippen molar-refractivity contribution in [3.05, 3.63) is 54.6 Å². The molecular formula is C21H25ClN4OS. The zero-order chi connectivity index (χ0) is 19.9. The van der Waals surface area contributed by atoms with E-state index in [4.69, 9.17) is 11.6 Å². The fourth-order valence-electron chi connectivity index (χ4n) is 3.50. The molecule has 1 heterocycles. The smallest absolute Gasteiger partial charge is 0.233 e. The van der Waals surface area contributed by atoms with E-state index in [2.05, 4.69) is 27.9 Å². The van der Waals surface area contributed by atoms with Crippen LogP contribution in [0.3, 0.4) is 0 Å². The maximum absolute atomic E-state index is 12.6. The Hall–Kier alpha value is -2.05. The fraction of sp³-hybridized carbons (Fsp3) is 0.381. The van der Waals surface area contributed by atoms with Gasteiger partial charge in [0.05, 0.1) is 10.8 Å². The summed E-state index contributed by atoms with van der Waals surface area (Å²) in [5, 5.41) is 10.3. The van der Waals surface area contributed by atoms with Crippen molar-refractivity contribution in [2.24, 2.45) is 0 Å². The highest BCUT2D eigenvalue weighted by Crippen LogP contribution is 2.38. The third kappa shape index (κ3) is 4.67. The number of hydrogen-bond donors (Lipinski definition) is 0. The average Bonchev–Trinajstić information content (AvgIpc) is 3.35. The first-order valence-corrected chi connectivity index (χ1v) is 10.8. The van der Waals surface area contributed by atoms with Gasteiger partial charge in [-0.2, -0.15) is 0 Å². The van der Waals surface area contributed by atoms with Crippen LogP contribution in [0.5, 0.6) is 0 Å². The van der Waals surface area contributed by atoms with E-state index in [-0.39, 0.29) is 5.91 Å². The predicted octanol–water partition coefficient (Wildman–Crippen LogP) is 5.01. The van der Waals surface area contributed by atoms with Crippen molar-refractivity contribution in [3.8, 4) is 11.4 Å². The van der Waals surface area contributed by atoms with Crippen molar-refractivity contribution < 1.29 is 4.79 Å². The van der Waals surface area contributed by atoms with Crippen molar-refractivity contribution in [1.29, 1.82) is 0 Å². The number of nitrogens with zero attached hydrogens (tertiary/aromatic N) is 4. The quantitative estimate of drug-likeness (QED) is 0.426. The van der Waals surface area contributed by atoms with Gasteiger partial charge in [-0.3, -0.25) is 9.36 Å². The van der Waals surface area contributed by atoms with Crippen molar-refractivity contribution >= 4 is 29.3 Å². The van der Waals surface area contributed by atoms with Crippen LogP contribution < -0.4 is 0 Å². The van der Waals surface area contributed by atoms with E-state index >= 15 is 0 Å². The Labute approximate surface area is 175 Å². The van der Waals surface area contributed by atoms with Crippen LogP contribution in [0, 0.1) is 0 Å². The minimum atomic E-state index is 0.0325. The molecule has 1 fully saturated rings. The summed E-state index contributed by atoms with van der Waals surface area (Å²) in [6, 6.07) is 8.03. The number of amides is 1. The molecule has 2 aromatic rings. The van der Waals surface area contributed by atoms with Crippen LogP contribution in [0.4, 0.5) is 0 Å². The van der Waals surface area contributed by atoms with Crippen molar-refractivity contribution in [1.82, 2.24) is 19.7 Å². The molecule has 0 radical (unpaired) electrons. The van der Waals surface area contributed by atoms with Crippen LogP contribution in [0.2, 0.25) is 5.02 Å². The van der Waals surface area contributed by atoms with Crippen LogP contribution in [-0.4, -0.2) is 44.4 Å². The first-order valence-electron chi connectivity index (χ1n) is 9.47. The second-order valence-corrected chi connectivity index (χ2v) is 8.11. The lowest BCUT2D eigenvalue weighted by molar-refractivity contribution is -0.127. The second-order valence-electron chi connectivity index (χ2n) is 6.76. The number of hydrogen-bond acceptors (Lipinski definition) is 4. The Morgan fingerprint density at radius 2 is 1.89 bits per heavy atom. The molecular weight excluding hydrogens is 392 g/mol. The topological polar surface area (TPSA) is 51.0 Å². The Bertz CT molecular complexity index is 835. The van der Waals surface area contributed by atoms with E-state index < -0.39 is 0 Å². The summed E-state index contributed by atoms with van der Waals surface area (Å²) < 4.78 is 2.18. The number of halogens is 1. The van der Waals surface area contributed by atoms with Gasteiger partial charge in [-0.25, -0.2) is 0 Å². The molecule has 3 rings (SSSR count). The summed E-state index contributed by atoms with van der Waals surface area (Å²) in [7, 11) is 0. The maximum Gasteiger partial charge on any atom is 0.233 e. The number of thioether (sulfide) groups is 1. The van der Waals surface area contributed by atoms with Gasteiger partial charge in [-0.1, -0.05) is 60.5 Å². The molecule has 0 aliphatic heterocycles. The van der Waals surface area contributed by atoms with Crippen molar-refractivity contribution in [3.63, 3.8) is 0 Å². The molecule has 1 amide bonds. The SMILES string of the molecule is C=CCN(CC=C)C(=O)CSc1nnc(-c2ccccc2Cl)n1C1CCCC1. The van der Waals surface area contributed by atoms with Gasteiger partial charge in [-0.05, 0) is 25.0 Å². The molecule has 5 nitrogen and oxygen atoms in total. The maximum atomic E-state index is 12.6. The minimum Gasteiger partial charge on any atom is -0.335 e. The molecule has 1 aliphatic rings. The van der Waals surface area contributed by atoms with Crippen molar-refractivity contribution in [2.75, 3.05) is 18.8 Å². The van der Waals surface area contributed by atoms with Gasteiger partial charge in [0.25, 0.3) is 0 Å². The molecule has 0 N–H and O–H groups in total. The van der Waals surface area contributed by atoms with Crippen molar-refractivity contribution in [2.45, 2.75) is 36.9 Å². The van der Waals surface area contributed by atoms with Crippen LogP contribution in [0.1, 0.15) is 31.7 Å². The largest absolute Gasteiger partial charge is 0.335 e. The second kappa shape index (κ2) is 9.94. The summed E-state index contributed by atoms with van der Waals surface area (Å²) in [4.78, 5) is 14.3. The van der Waals surface area contributed by atoms with Crippen LogP contribution in [0.15, 0.2) is 54.7 Å². The monoisotopic (exact) mass is 416 g/mol. The van der Waals surface area contributed by atoms with Gasteiger partial charge in [0.15, 0.2) is 11.0 Å². The Morgan fingerprint density at radius 1 is 1.21 bits per heavy atom. The van der Waals surface area contributed by atoms with Crippen LogP contribution >= 0.6 is 23.4 Å². The van der Waals surface area contributed by atoms with Gasteiger partial charge < -0.3 is 4.90 Å². The molecule has 0 atom stereocenters. The number of rotatable bonds is 9. The lowest BCUT2D eigenvalue weighted by atomic mass is 10.2. The molecule has 148 valence electrons.